The van der Waals surface area contributed by atoms with Crippen LogP contribution in [0.4, 0.5) is 0 Å². The Morgan fingerprint density at radius 2 is 1.83 bits per heavy atom. The fourth-order valence-corrected chi connectivity index (χ4v) is 3.34. The smallest absolute Gasteiger partial charge is 0.327 e. The van der Waals surface area contributed by atoms with Gasteiger partial charge >= 0.3 is 8.60 Å². The summed E-state index contributed by atoms with van der Waals surface area (Å²) in [6.45, 7) is 6.09. The predicted molar refractivity (Wildman–Crippen MR) is 78.2 cm³/mol. The van der Waals surface area contributed by atoms with E-state index >= 15 is 0 Å². The highest BCUT2D eigenvalue weighted by atomic mass is 79.9. The molecular weight excluding hydrogens is 315 g/mol. The highest BCUT2D eigenvalue weighted by Crippen LogP contribution is 2.45. The van der Waals surface area contributed by atoms with Crippen molar-refractivity contribution in [2.75, 3.05) is 0 Å². The molecule has 5 heteroatoms. The van der Waals surface area contributed by atoms with Gasteiger partial charge in [0.15, 0.2) is 0 Å². The standard InChI is InChI=1S/C13H20BrO3P/c1-4-10-9-11(14)7-8-12(10)13(5-2,6-3)17-18(15)16/h7-9,15-16H,4-6H2,1-3H3. The maximum Gasteiger partial charge on any atom is 0.327 e. The minimum atomic E-state index is -2.36. The zero-order chi connectivity index (χ0) is 13.8. The van der Waals surface area contributed by atoms with Crippen LogP contribution in [0, 0.1) is 0 Å². The number of halogens is 1. The summed E-state index contributed by atoms with van der Waals surface area (Å²) in [4.78, 5) is 18.4. The molecule has 0 saturated carbocycles. The number of hydrogen-bond donors (Lipinski definition) is 2. The van der Waals surface area contributed by atoms with Gasteiger partial charge in [-0.2, -0.15) is 0 Å². The van der Waals surface area contributed by atoms with Crippen LogP contribution in [-0.2, 0) is 16.5 Å². The van der Waals surface area contributed by atoms with E-state index in [1.54, 1.807) is 0 Å². The molecule has 0 aliphatic rings. The summed E-state index contributed by atoms with van der Waals surface area (Å²) in [5.41, 5.74) is 1.61. The number of benzene rings is 1. The summed E-state index contributed by atoms with van der Waals surface area (Å²) in [7, 11) is -2.36. The Labute approximate surface area is 118 Å². The van der Waals surface area contributed by atoms with Gasteiger partial charge in [0.1, 0.15) is 5.60 Å². The summed E-state index contributed by atoms with van der Waals surface area (Å²) in [5.74, 6) is 0. The Hall–Kier alpha value is 0.01000. The van der Waals surface area contributed by atoms with Crippen molar-refractivity contribution in [1.29, 1.82) is 0 Å². The van der Waals surface area contributed by atoms with E-state index in [1.807, 2.05) is 26.0 Å². The van der Waals surface area contributed by atoms with Crippen LogP contribution in [0.25, 0.3) is 0 Å². The molecule has 0 aromatic heterocycles. The van der Waals surface area contributed by atoms with Gasteiger partial charge in [-0.25, -0.2) is 0 Å². The first-order valence-corrected chi connectivity index (χ1v) is 8.10. The van der Waals surface area contributed by atoms with E-state index in [0.717, 1.165) is 16.5 Å². The zero-order valence-corrected chi connectivity index (χ0v) is 13.5. The Morgan fingerprint density at radius 1 is 1.22 bits per heavy atom. The van der Waals surface area contributed by atoms with Crippen molar-refractivity contribution in [2.45, 2.75) is 45.6 Å². The first kappa shape index (κ1) is 16.1. The third-order valence-electron chi connectivity index (χ3n) is 3.34. The molecule has 18 heavy (non-hydrogen) atoms. The molecule has 0 saturated heterocycles. The molecule has 1 aromatic carbocycles. The van der Waals surface area contributed by atoms with Crippen molar-refractivity contribution in [3.63, 3.8) is 0 Å². The Kier molecular flexibility index (Phi) is 6.22. The van der Waals surface area contributed by atoms with Crippen LogP contribution in [0.2, 0.25) is 0 Å². The SMILES string of the molecule is CCc1cc(Br)ccc1C(CC)(CC)OP(O)O. The van der Waals surface area contributed by atoms with Gasteiger partial charge in [-0.05, 0) is 42.5 Å². The van der Waals surface area contributed by atoms with Gasteiger partial charge in [0.05, 0.1) is 0 Å². The molecule has 3 nitrogen and oxygen atoms in total. The second kappa shape index (κ2) is 6.97. The quantitative estimate of drug-likeness (QED) is 0.764. The Bertz CT molecular complexity index is 392. The van der Waals surface area contributed by atoms with Crippen LogP contribution >= 0.6 is 24.5 Å². The van der Waals surface area contributed by atoms with E-state index < -0.39 is 14.2 Å². The van der Waals surface area contributed by atoms with Gasteiger partial charge in [-0.3, -0.25) is 0 Å². The van der Waals surface area contributed by atoms with Gasteiger partial charge < -0.3 is 14.3 Å². The van der Waals surface area contributed by atoms with Crippen LogP contribution in [0.1, 0.15) is 44.7 Å². The minimum Gasteiger partial charge on any atom is -0.328 e. The summed E-state index contributed by atoms with van der Waals surface area (Å²) >= 11 is 3.46. The van der Waals surface area contributed by atoms with E-state index in [1.165, 1.54) is 5.56 Å². The van der Waals surface area contributed by atoms with E-state index in [4.69, 9.17) is 4.52 Å². The monoisotopic (exact) mass is 334 g/mol. The van der Waals surface area contributed by atoms with Crippen LogP contribution in [0.15, 0.2) is 22.7 Å². The summed E-state index contributed by atoms with van der Waals surface area (Å²) in [6.07, 6.45) is 2.30. The second-order valence-corrected chi connectivity index (χ2v) is 5.80. The second-order valence-electron chi connectivity index (χ2n) is 4.20. The van der Waals surface area contributed by atoms with Crippen LogP contribution in [0.3, 0.4) is 0 Å². The average molecular weight is 335 g/mol. The van der Waals surface area contributed by atoms with Crippen LogP contribution < -0.4 is 0 Å². The van der Waals surface area contributed by atoms with E-state index in [0.29, 0.717) is 12.8 Å². The zero-order valence-electron chi connectivity index (χ0n) is 11.0. The van der Waals surface area contributed by atoms with Crippen LogP contribution in [-0.4, -0.2) is 9.79 Å². The normalized spacial score (nSPS) is 12.2. The highest BCUT2D eigenvalue weighted by molar-refractivity contribution is 9.10. The van der Waals surface area contributed by atoms with Gasteiger partial charge in [0.25, 0.3) is 0 Å². The van der Waals surface area contributed by atoms with Gasteiger partial charge in [-0.1, -0.05) is 42.8 Å². The van der Waals surface area contributed by atoms with Gasteiger partial charge in [-0.15, -0.1) is 0 Å². The Balaban J connectivity index is 3.28. The molecule has 0 spiro atoms. The molecule has 0 fully saturated rings. The van der Waals surface area contributed by atoms with Crippen LogP contribution in [0.5, 0.6) is 0 Å². The largest absolute Gasteiger partial charge is 0.328 e. The Morgan fingerprint density at radius 3 is 2.28 bits per heavy atom. The van der Waals surface area contributed by atoms with Crippen molar-refractivity contribution in [3.8, 4) is 0 Å². The molecular formula is C13H20BrO3P. The number of hydrogen-bond acceptors (Lipinski definition) is 3. The molecule has 0 atom stereocenters. The topological polar surface area (TPSA) is 49.7 Å². The van der Waals surface area contributed by atoms with Crippen molar-refractivity contribution in [1.82, 2.24) is 0 Å². The fraction of sp³-hybridized carbons (Fsp3) is 0.538. The summed E-state index contributed by atoms with van der Waals surface area (Å²) in [5, 5.41) is 0. The maximum absolute atomic E-state index is 9.22. The lowest BCUT2D eigenvalue weighted by Gasteiger charge is -2.34. The first-order chi connectivity index (χ1) is 8.49. The molecule has 0 heterocycles. The van der Waals surface area contributed by atoms with E-state index in [2.05, 4.69) is 28.9 Å². The molecule has 0 unspecified atom stereocenters. The lowest BCUT2D eigenvalue weighted by Crippen LogP contribution is -2.27. The molecule has 0 aliphatic heterocycles. The lowest BCUT2D eigenvalue weighted by molar-refractivity contribution is 0.0423. The fourth-order valence-electron chi connectivity index (χ4n) is 2.26. The average Bonchev–Trinajstić information content (AvgIpc) is 2.35. The third-order valence-corrected chi connectivity index (χ3v) is 4.34. The van der Waals surface area contributed by atoms with E-state index in [9.17, 15) is 9.79 Å². The van der Waals surface area contributed by atoms with Crippen molar-refractivity contribution >= 4 is 24.5 Å². The molecule has 102 valence electrons. The number of aryl methyl sites for hydroxylation is 1. The molecule has 0 bridgehead atoms. The lowest BCUT2D eigenvalue weighted by atomic mass is 9.85. The highest BCUT2D eigenvalue weighted by Gasteiger charge is 2.34. The molecule has 1 aromatic rings. The number of rotatable bonds is 6. The predicted octanol–water partition coefficient (Wildman–Crippen LogP) is 4.25. The third kappa shape index (κ3) is 3.52. The first-order valence-electron chi connectivity index (χ1n) is 6.15. The minimum absolute atomic E-state index is 0.610. The maximum atomic E-state index is 9.22. The molecule has 0 amide bonds. The van der Waals surface area contributed by atoms with Gasteiger partial charge in [0.2, 0.25) is 0 Å². The van der Waals surface area contributed by atoms with Crippen molar-refractivity contribution in [3.05, 3.63) is 33.8 Å². The van der Waals surface area contributed by atoms with E-state index in [-0.39, 0.29) is 0 Å². The van der Waals surface area contributed by atoms with Crippen molar-refractivity contribution in [2.24, 2.45) is 0 Å². The summed E-state index contributed by atoms with van der Waals surface area (Å²) in [6, 6.07) is 6.04. The molecule has 0 aliphatic carbocycles. The molecule has 1 rings (SSSR count). The van der Waals surface area contributed by atoms with Crippen molar-refractivity contribution < 1.29 is 14.3 Å². The van der Waals surface area contributed by atoms with Gasteiger partial charge in [0, 0.05) is 4.47 Å². The molecule has 2 N–H and O–H groups in total. The molecule has 0 radical (unpaired) electrons. The summed E-state index contributed by atoms with van der Waals surface area (Å²) < 4.78 is 6.49.